The summed E-state index contributed by atoms with van der Waals surface area (Å²) < 4.78 is 0. The zero-order valence-corrected chi connectivity index (χ0v) is 20.6. The Morgan fingerprint density at radius 1 is 0.903 bits per heavy atom. The zero-order valence-electron chi connectivity index (χ0n) is 20.6. The first-order valence-electron chi connectivity index (χ1n) is 13.2. The van der Waals surface area contributed by atoms with E-state index in [4.69, 9.17) is 0 Å². The van der Waals surface area contributed by atoms with Crippen molar-refractivity contribution in [1.82, 2.24) is 0 Å². The Morgan fingerprint density at radius 3 is 2.32 bits per heavy atom. The highest BCUT2D eigenvalue weighted by molar-refractivity contribution is 5.58. The topological polar surface area (TPSA) is 34.1 Å². The van der Waals surface area contributed by atoms with E-state index in [0.29, 0.717) is 17.3 Å². The average Bonchev–Trinajstić information content (AvgIpc) is 3.09. The van der Waals surface area contributed by atoms with Gasteiger partial charge in [0, 0.05) is 17.1 Å². The van der Waals surface area contributed by atoms with Crippen LogP contribution in [0.1, 0.15) is 105 Å². The van der Waals surface area contributed by atoms with E-state index < -0.39 is 0 Å². The largest absolute Gasteiger partial charge is 0.234 e. The fraction of sp³-hybridized carbons (Fsp3) is 0.862. The smallest absolute Gasteiger partial charge is 0.123 e. The molecule has 0 N–H and O–H groups in total. The van der Waals surface area contributed by atoms with E-state index in [1.54, 1.807) is 0 Å². The molecular weight excluding hydrogens is 380 g/mol. The summed E-state index contributed by atoms with van der Waals surface area (Å²) in [7, 11) is 0. The van der Waals surface area contributed by atoms with Crippen LogP contribution in [0.2, 0.25) is 0 Å². The predicted molar refractivity (Wildman–Crippen MR) is 127 cm³/mol. The van der Waals surface area contributed by atoms with Gasteiger partial charge in [0.15, 0.2) is 0 Å². The van der Waals surface area contributed by atoms with Crippen LogP contribution in [0.15, 0.2) is 11.1 Å². The van der Waals surface area contributed by atoms with E-state index in [9.17, 15) is 9.59 Å². The summed E-state index contributed by atoms with van der Waals surface area (Å²) in [6.07, 6.45) is 13.1. The van der Waals surface area contributed by atoms with Crippen LogP contribution < -0.4 is 0 Å². The molecule has 0 amide bonds. The van der Waals surface area contributed by atoms with Crippen LogP contribution in [0.4, 0.5) is 0 Å². The molecule has 0 heterocycles. The molecule has 172 valence electrons. The third kappa shape index (κ3) is 3.83. The van der Waals surface area contributed by atoms with Crippen molar-refractivity contribution in [3.05, 3.63) is 11.1 Å². The number of hydrogen-bond donors (Lipinski definition) is 0. The number of carbonyl (C=O) groups excluding carboxylic acids is 2. The Balaban J connectivity index is 1.55. The van der Waals surface area contributed by atoms with Gasteiger partial charge in [-0.15, -0.1) is 0 Å². The lowest BCUT2D eigenvalue weighted by Gasteiger charge is -2.60. The maximum absolute atomic E-state index is 12.1. The van der Waals surface area contributed by atoms with Crippen molar-refractivity contribution in [3.8, 4) is 0 Å². The highest BCUT2D eigenvalue weighted by Crippen LogP contribution is 2.69. The maximum atomic E-state index is 12.1. The minimum Gasteiger partial charge on any atom is -0.234 e. The van der Waals surface area contributed by atoms with Crippen LogP contribution in [-0.4, -0.2) is 11.9 Å². The van der Waals surface area contributed by atoms with E-state index in [0.717, 1.165) is 60.5 Å². The third-order valence-electron chi connectivity index (χ3n) is 10.8. The van der Waals surface area contributed by atoms with Crippen molar-refractivity contribution in [1.29, 1.82) is 0 Å². The van der Waals surface area contributed by atoms with Crippen molar-refractivity contribution < 1.29 is 9.59 Å². The summed E-state index contributed by atoms with van der Waals surface area (Å²) in [5, 5.41) is 0. The molecule has 8 atom stereocenters. The summed E-state index contributed by atoms with van der Waals surface area (Å²) in [6.45, 7) is 12.3. The molecule has 4 saturated carbocycles. The van der Waals surface area contributed by atoms with Gasteiger partial charge < -0.3 is 0 Å². The van der Waals surface area contributed by atoms with Gasteiger partial charge in [0.2, 0.25) is 0 Å². The molecule has 0 spiro atoms. The molecule has 2 nitrogen and oxygen atoms in total. The van der Waals surface area contributed by atoms with Gasteiger partial charge in [-0.3, -0.25) is 0 Å². The minimum absolute atomic E-state index is 0.165. The molecule has 0 radical (unpaired) electrons. The molecule has 4 fully saturated rings. The number of allylic oxidation sites excluding steroid dienone is 2. The Kier molecular flexibility index (Phi) is 6.46. The van der Waals surface area contributed by atoms with Crippen LogP contribution in [0, 0.1) is 52.3 Å². The van der Waals surface area contributed by atoms with Crippen LogP contribution in [-0.2, 0) is 9.59 Å². The van der Waals surface area contributed by atoms with E-state index in [-0.39, 0.29) is 11.3 Å². The second-order valence-electron chi connectivity index (χ2n) is 12.7. The molecule has 0 aromatic carbocycles. The Hall–Kier alpha value is -1.10. The molecule has 1 unspecified atom stereocenters. The van der Waals surface area contributed by atoms with E-state index in [2.05, 4.69) is 46.5 Å². The summed E-state index contributed by atoms with van der Waals surface area (Å²) in [6, 6.07) is 0. The van der Waals surface area contributed by atoms with Gasteiger partial charge in [-0.25, -0.2) is 9.59 Å². The van der Waals surface area contributed by atoms with Gasteiger partial charge in [-0.05, 0) is 97.7 Å². The lowest BCUT2D eigenvalue weighted by molar-refractivity contribution is -0.0885. The van der Waals surface area contributed by atoms with Crippen LogP contribution >= 0.6 is 0 Å². The summed E-state index contributed by atoms with van der Waals surface area (Å²) >= 11 is 0. The lowest BCUT2D eigenvalue weighted by Crippen LogP contribution is -2.54. The standard InChI is InChI=1S/C29H44O2/c1-19(2)7-6-8-20(3)24-9-10-25-23-16-22(18-31)27-15-21(17-30)11-13-29(27,5)26(23)12-14-28(24,25)4/h19-20,23-27H,6-16H2,1-5H3/t20-,23+,24-,25+,26+,27?,28-,29-/m1/s1. The molecule has 0 saturated heterocycles. The second kappa shape index (κ2) is 8.68. The molecule has 4 aliphatic rings. The quantitative estimate of drug-likeness (QED) is 0.436. The zero-order chi connectivity index (χ0) is 22.4. The predicted octanol–water partition coefficient (Wildman–Crippen LogP) is 7.23. The van der Waals surface area contributed by atoms with Crippen molar-refractivity contribution in [2.45, 2.75) is 105 Å². The van der Waals surface area contributed by atoms with Gasteiger partial charge in [0.1, 0.15) is 11.9 Å². The molecule has 0 bridgehead atoms. The SMILES string of the molecule is CC(C)CCC[C@@H](C)[C@H]1CC[C@H]2[C@@H]3CC(=C=O)C4CC(=C=O)CC[C@]4(C)[C@H]3CC[C@]12C. The van der Waals surface area contributed by atoms with Gasteiger partial charge in [0.05, 0.1) is 0 Å². The van der Waals surface area contributed by atoms with Crippen molar-refractivity contribution in [2.75, 3.05) is 0 Å². The molecule has 4 rings (SSSR count). The molecule has 0 aromatic heterocycles. The third-order valence-corrected chi connectivity index (χ3v) is 10.8. The first kappa shape index (κ1) is 23.1. The lowest BCUT2D eigenvalue weighted by atomic mass is 9.43. The van der Waals surface area contributed by atoms with Gasteiger partial charge in [-0.2, -0.15) is 0 Å². The molecule has 2 heteroatoms. The highest BCUT2D eigenvalue weighted by atomic mass is 16.1. The average molecular weight is 425 g/mol. The van der Waals surface area contributed by atoms with Crippen molar-refractivity contribution in [3.63, 3.8) is 0 Å². The summed E-state index contributed by atoms with van der Waals surface area (Å²) in [4.78, 5) is 23.4. The highest BCUT2D eigenvalue weighted by Gasteiger charge is 2.61. The molecule has 0 aromatic rings. The van der Waals surface area contributed by atoms with Crippen LogP contribution in [0.3, 0.4) is 0 Å². The van der Waals surface area contributed by atoms with E-state index in [1.165, 1.54) is 44.9 Å². The first-order chi connectivity index (χ1) is 14.7. The molecule has 4 aliphatic carbocycles. The maximum Gasteiger partial charge on any atom is 0.123 e. The monoisotopic (exact) mass is 424 g/mol. The van der Waals surface area contributed by atoms with Crippen molar-refractivity contribution >= 4 is 11.9 Å². The Bertz CT molecular complexity index is 783. The van der Waals surface area contributed by atoms with E-state index in [1.807, 2.05) is 0 Å². The van der Waals surface area contributed by atoms with Gasteiger partial charge >= 0.3 is 0 Å². The van der Waals surface area contributed by atoms with Gasteiger partial charge in [-0.1, -0.05) is 53.9 Å². The minimum atomic E-state index is 0.165. The van der Waals surface area contributed by atoms with E-state index >= 15 is 0 Å². The normalized spacial score (nSPS) is 43.0. The number of fused-ring (bicyclic) bond motifs is 5. The Labute approximate surface area is 190 Å². The van der Waals surface area contributed by atoms with Crippen molar-refractivity contribution in [2.24, 2.45) is 52.3 Å². The summed E-state index contributed by atoms with van der Waals surface area (Å²) in [5.41, 5.74) is 2.50. The molecule has 31 heavy (non-hydrogen) atoms. The fourth-order valence-electron chi connectivity index (χ4n) is 9.16. The molecular formula is C29H44O2. The summed E-state index contributed by atoms with van der Waals surface area (Å²) in [5.74, 6) is 9.38. The Morgan fingerprint density at radius 2 is 1.65 bits per heavy atom. The fourth-order valence-corrected chi connectivity index (χ4v) is 9.16. The molecule has 0 aliphatic heterocycles. The number of hydrogen-bond acceptors (Lipinski definition) is 2. The van der Waals surface area contributed by atoms with Crippen LogP contribution in [0.5, 0.6) is 0 Å². The first-order valence-corrected chi connectivity index (χ1v) is 13.2. The number of rotatable bonds is 5. The van der Waals surface area contributed by atoms with Crippen LogP contribution in [0.25, 0.3) is 0 Å². The second-order valence-corrected chi connectivity index (χ2v) is 12.7. The van der Waals surface area contributed by atoms with Gasteiger partial charge in [0.25, 0.3) is 0 Å².